The Balaban J connectivity index is 1.94. The second kappa shape index (κ2) is 8.64. The molecule has 0 saturated heterocycles. The van der Waals surface area contributed by atoms with Crippen molar-refractivity contribution in [2.45, 2.75) is 13.3 Å². The maximum atomic E-state index is 12.8. The molecule has 30 heavy (non-hydrogen) atoms. The SMILES string of the molecule is CCOC(=O)c1c(O)c2cc(C(=O)N(C)CCc3ccccc3)cnc2n(O)c1=O. The Morgan fingerprint density at radius 2 is 1.93 bits per heavy atom. The molecule has 0 atom stereocenters. The normalized spacial score (nSPS) is 10.7. The van der Waals surface area contributed by atoms with Crippen LogP contribution in [-0.2, 0) is 11.2 Å². The summed E-state index contributed by atoms with van der Waals surface area (Å²) in [6, 6.07) is 11.0. The van der Waals surface area contributed by atoms with Crippen LogP contribution in [0.15, 0.2) is 47.4 Å². The number of benzene rings is 1. The molecule has 0 radical (unpaired) electrons. The Morgan fingerprint density at radius 1 is 1.23 bits per heavy atom. The van der Waals surface area contributed by atoms with Crippen molar-refractivity contribution in [3.05, 3.63) is 69.6 Å². The number of amides is 1. The van der Waals surface area contributed by atoms with E-state index < -0.39 is 22.8 Å². The van der Waals surface area contributed by atoms with Gasteiger partial charge >= 0.3 is 11.5 Å². The summed E-state index contributed by atoms with van der Waals surface area (Å²) in [5.41, 5.74) is -0.966. The van der Waals surface area contributed by atoms with Gasteiger partial charge in [0.05, 0.1) is 17.6 Å². The van der Waals surface area contributed by atoms with Gasteiger partial charge in [-0.05, 0) is 25.0 Å². The topological polar surface area (TPSA) is 122 Å². The zero-order valence-corrected chi connectivity index (χ0v) is 16.5. The van der Waals surface area contributed by atoms with E-state index in [1.165, 1.54) is 24.1 Å². The van der Waals surface area contributed by atoms with Crippen LogP contribution in [0.3, 0.4) is 0 Å². The number of ether oxygens (including phenoxy) is 1. The number of rotatable bonds is 6. The van der Waals surface area contributed by atoms with Crippen molar-refractivity contribution in [3.63, 3.8) is 0 Å². The van der Waals surface area contributed by atoms with Crippen LogP contribution in [0.2, 0.25) is 0 Å². The van der Waals surface area contributed by atoms with Gasteiger partial charge in [-0.15, -0.1) is 4.73 Å². The highest BCUT2D eigenvalue weighted by Gasteiger charge is 2.25. The molecule has 1 aromatic carbocycles. The summed E-state index contributed by atoms with van der Waals surface area (Å²) in [6.07, 6.45) is 1.85. The number of pyridine rings is 2. The monoisotopic (exact) mass is 411 g/mol. The second-order valence-corrected chi connectivity index (χ2v) is 6.62. The quantitative estimate of drug-likeness (QED) is 0.469. The molecule has 0 aliphatic heterocycles. The number of hydrogen-bond acceptors (Lipinski definition) is 7. The van der Waals surface area contributed by atoms with Crippen molar-refractivity contribution in [1.82, 2.24) is 14.6 Å². The number of hydrogen-bond donors (Lipinski definition) is 2. The molecule has 0 unspecified atom stereocenters. The third-order valence-electron chi connectivity index (χ3n) is 4.62. The fourth-order valence-electron chi connectivity index (χ4n) is 3.01. The van der Waals surface area contributed by atoms with E-state index in [0.717, 1.165) is 5.56 Å². The molecule has 3 aromatic rings. The maximum Gasteiger partial charge on any atom is 0.347 e. The highest BCUT2D eigenvalue weighted by molar-refractivity contribution is 6.02. The minimum absolute atomic E-state index is 0.0236. The third kappa shape index (κ3) is 3.95. The average molecular weight is 411 g/mol. The van der Waals surface area contributed by atoms with Crippen LogP contribution in [-0.4, -0.2) is 57.0 Å². The molecule has 0 aliphatic rings. The summed E-state index contributed by atoms with van der Waals surface area (Å²) in [7, 11) is 1.63. The van der Waals surface area contributed by atoms with E-state index >= 15 is 0 Å². The zero-order valence-electron chi connectivity index (χ0n) is 16.5. The third-order valence-corrected chi connectivity index (χ3v) is 4.62. The molecule has 2 aromatic heterocycles. The van der Waals surface area contributed by atoms with Gasteiger partial charge in [-0.3, -0.25) is 9.59 Å². The number of carbonyl (C=O) groups is 2. The second-order valence-electron chi connectivity index (χ2n) is 6.62. The highest BCUT2D eigenvalue weighted by atomic mass is 16.5. The molecule has 2 heterocycles. The van der Waals surface area contributed by atoms with E-state index in [2.05, 4.69) is 4.98 Å². The van der Waals surface area contributed by atoms with Crippen molar-refractivity contribution in [2.75, 3.05) is 20.2 Å². The van der Waals surface area contributed by atoms with E-state index in [1.54, 1.807) is 7.05 Å². The lowest BCUT2D eigenvalue weighted by atomic mass is 10.1. The average Bonchev–Trinajstić information content (AvgIpc) is 2.76. The van der Waals surface area contributed by atoms with Gasteiger partial charge in [0.2, 0.25) is 0 Å². The largest absolute Gasteiger partial charge is 0.506 e. The summed E-state index contributed by atoms with van der Waals surface area (Å²) in [5.74, 6) is -2.15. The van der Waals surface area contributed by atoms with Crippen LogP contribution in [0.4, 0.5) is 0 Å². The number of aromatic nitrogens is 2. The van der Waals surface area contributed by atoms with Gasteiger partial charge in [-0.1, -0.05) is 30.3 Å². The molecule has 0 spiro atoms. The minimum Gasteiger partial charge on any atom is -0.506 e. The van der Waals surface area contributed by atoms with Gasteiger partial charge in [0, 0.05) is 19.8 Å². The number of fused-ring (bicyclic) bond motifs is 1. The zero-order chi connectivity index (χ0) is 21.8. The van der Waals surface area contributed by atoms with Crippen LogP contribution in [0, 0.1) is 0 Å². The Kier molecular flexibility index (Phi) is 6.01. The van der Waals surface area contributed by atoms with E-state index in [4.69, 9.17) is 4.74 Å². The predicted octanol–water partition coefficient (Wildman–Crippen LogP) is 1.83. The minimum atomic E-state index is -1.16. The van der Waals surface area contributed by atoms with E-state index in [1.807, 2.05) is 30.3 Å². The van der Waals surface area contributed by atoms with Gasteiger partial charge in [0.1, 0.15) is 5.75 Å². The van der Waals surface area contributed by atoms with Crippen LogP contribution >= 0.6 is 0 Å². The first-order chi connectivity index (χ1) is 14.3. The van der Waals surface area contributed by atoms with Gasteiger partial charge in [-0.25, -0.2) is 9.78 Å². The summed E-state index contributed by atoms with van der Waals surface area (Å²) in [6.45, 7) is 1.96. The van der Waals surface area contributed by atoms with Gasteiger partial charge < -0.3 is 20.0 Å². The molecule has 156 valence electrons. The van der Waals surface area contributed by atoms with E-state index in [9.17, 15) is 24.7 Å². The molecule has 9 heteroatoms. The molecule has 0 bridgehead atoms. The number of nitrogens with zero attached hydrogens (tertiary/aromatic N) is 3. The summed E-state index contributed by atoms with van der Waals surface area (Å²) >= 11 is 0. The van der Waals surface area contributed by atoms with Gasteiger partial charge in [-0.2, -0.15) is 0 Å². The molecule has 0 aliphatic carbocycles. The van der Waals surface area contributed by atoms with Crippen molar-refractivity contribution in [2.24, 2.45) is 0 Å². The Morgan fingerprint density at radius 3 is 2.60 bits per heavy atom. The molecule has 1 amide bonds. The highest BCUT2D eigenvalue weighted by Crippen LogP contribution is 2.26. The van der Waals surface area contributed by atoms with E-state index in [0.29, 0.717) is 13.0 Å². The molecule has 0 fully saturated rings. The summed E-state index contributed by atoms with van der Waals surface area (Å²) in [5, 5.41) is 20.4. The fraction of sp³-hybridized carbons (Fsp3) is 0.238. The number of likely N-dealkylation sites (N-methyl/N-ethyl adjacent to an activating group) is 1. The van der Waals surface area contributed by atoms with Gasteiger partial charge in [0.25, 0.3) is 5.91 Å². The maximum absolute atomic E-state index is 12.8. The Hall–Kier alpha value is -3.88. The molecular weight excluding hydrogens is 390 g/mol. The predicted molar refractivity (Wildman–Crippen MR) is 108 cm³/mol. The van der Waals surface area contributed by atoms with Crippen molar-refractivity contribution in [3.8, 4) is 5.75 Å². The van der Waals surface area contributed by atoms with E-state index in [-0.39, 0.29) is 33.8 Å². The van der Waals surface area contributed by atoms with Crippen LogP contribution in [0.5, 0.6) is 5.75 Å². The lowest BCUT2D eigenvalue weighted by molar-refractivity contribution is 0.0515. The molecule has 0 saturated carbocycles. The first-order valence-corrected chi connectivity index (χ1v) is 9.28. The van der Waals surface area contributed by atoms with Crippen molar-refractivity contribution >= 4 is 22.9 Å². The fourth-order valence-corrected chi connectivity index (χ4v) is 3.01. The lowest BCUT2D eigenvalue weighted by Gasteiger charge is -2.17. The van der Waals surface area contributed by atoms with Crippen LogP contribution in [0.1, 0.15) is 33.2 Å². The Labute approximate surface area is 171 Å². The first kappa shape index (κ1) is 20.8. The molecular formula is C21H21N3O6. The number of carbonyl (C=O) groups excluding carboxylic acids is 2. The van der Waals surface area contributed by atoms with Crippen molar-refractivity contribution in [1.29, 1.82) is 0 Å². The van der Waals surface area contributed by atoms with Crippen LogP contribution in [0.25, 0.3) is 11.0 Å². The molecule has 9 nitrogen and oxygen atoms in total. The molecule has 2 N–H and O–H groups in total. The van der Waals surface area contributed by atoms with Gasteiger partial charge in [0.15, 0.2) is 11.2 Å². The molecule has 3 rings (SSSR count). The number of esters is 1. The Bertz CT molecular complexity index is 1160. The summed E-state index contributed by atoms with van der Waals surface area (Å²) < 4.78 is 4.91. The van der Waals surface area contributed by atoms with Crippen molar-refractivity contribution < 1.29 is 24.6 Å². The summed E-state index contributed by atoms with van der Waals surface area (Å²) in [4.78, 5) is 42.4. The standard InChI is InChI=1S/C21H21N3O6/c1-3-30-21(28)16-17(25)15-11-14(12-22-18(15)24(29)20(16)27)19(26)23(2)10-9-13-7-5-4-6-8-13/h4-8,11-12,25,29H,3,9-10H2,1-2H3. The number of aromatic hydroxyl groups is 1. The smallest absolute Gasteiger partial charge is 0.347 e. The van der Waals surface area contributed by atoms with Crippen LogP contribution < -0.4 is 5.56 Å². The first-order valence-electron chi connectivity index (χ1n) is 9.28. The lowest BCUT2D eigenvalue weighted by Crippen LogP contribution is -2.29.